The summed E-state index contributed by atoms with van der Waals surface area (Å²) >= 11 is 0. The number of nitrogens with one attached hydrogen (secondary N) is 1. The van der Waals surface area contributed by atoms with E-state index in [4.69, 9.17) is 0 Å². The summed E-state index contributed by atoms with van der Waals surface area (Å²) < 4.78 is 0. The third kappa shape index (κ3) is 0.904. The van der Waals surface area contributed by atoms with Crippen LogP contribution in [0.4, 0.5) is 0 Å². The standard InChI is InChI=1S/C7H14N2O/c1-8-6(10)7(4-5-7)9(2)3/h4-5H2,1-3H3,(H,8,10). The van der Waals surface area contributed by atoms with Crippen LogP contribution < -0.4 is 5.32 Å². The average Bonchev–Trinajstić information content (AvgIpc) is 2.65. The van der Waals surface area contributed by atoms with Gasteiger partial charge in [0.2, 0.25) is 5.91 Å². The lowest BCUT2D eigenvalue weighted by Gasteiger charge is -2.21. The second-order valence-corrected chi connectivity index (χ2v) is 3.01. The van der Waals surface area contributed by atoms with E-state index in [2.05, 4.69) is 5.32 Å². The highest BCUT2D eigenvalue weighted by atomic mass is 16.2. The van der Waals surface area contributed by atoms with Crippen molar-refractivity contribution in [3.63, 3.8) is 0 Å². The van der Waals surface area contributed by atoms with Crippen LogP contribution in [0.5, 0.6) is 0 Å². The second-order valence-electron chi connectivity index (χ2n) is 3.01. The molecule has 0 heterocycles. The first-order valence-corrected chi connectivity index (χ1v) is 3.53. The van der Waals surface area contributed by atoms with E-state index < -0.39 is 0 Å². The van der Waals surface area contributed by atoms with Gasteiger partial charge < -0.3 is 5.32 Å². The fourth-order valence-electron chi connectivity index (χ4n) is 1.23. The summed E-state index contributed by atoms with van der Waals surface area (Å²) in [5, 5.41) is 2.67. The lowest BCUT2D eigenvalue weighted by molar-refractivity contribution is -0.126. The van der Waals surface area contributed by atoms with Gasteiger partial charge in [-0.1, -0.05) is 0 Å². The molecule has 1 fully saturated rings. The molecule has 0 aromatic rings. The highest BCUT2D eigenvalue weighted by molar-refractivity contribution is 5.88. The summed E-state index contributed by atoms with van der Waals surface area (Å²) in [5.41, 5.74) is -0.158. The second kappa shape index (κ2) is 2.23. The highest BCUT2D eigenvalue weighted by Crippen LogP contribution is 2.39. The summed E-state index contributed by atoms with van der Waals surface area (Å²) in [7, 11) is 5.58. The zero-order chi connectivity index (χ0) is 7.78. The summed E-state index contributed by atoms with van der Waals surface area (Å²) in [6.07, 6.45) is 2.00. The van der Waals surface area contributed by atoms with Gasteiger partial charge in [0.15, 0.2) is 0 Å². The molecule has 3 nitrogen and oxygen atoms in total. The molecule has 0 bridgehead atoms. The van der Waals surface area contributed by atoms with E-state index >= 15 is 0 Å². The first-order valence-electron chi connectivity index (χ1n) is 3.53. The Balaban J connectivity index is 2.60. The monoisotopic (exact) mass is 142 g/mol. The molecule has 0 unspecified atom stereocenters. The first kappa shape index (κ1) is 7.54. The van der Waals surface area contributed by atoms with Gasteiger partial charge in [0.25, 0.3) is 0 Å². The smallest absolute Gasteiger partial charge is 0.240 e. The molecular formula is C7H14N2O. The van der Waals surface area contributed by atoms with Gasteiger partial charge in [-0.25, -0.2) is 0 Å². The van der Waals surface area contributed by atoms with E-state index in [-0.39, 0.29) is 11.4 Å². The molecule has 0 aliphatic heterocycles. The van der Waals surface area contributed by atoms with Crippen molar-refractivity contribution in [2.24, 2.45) is 0 Å². The minimum atomic E-state index is -0.158. The molecule has 0 aromatic heterocycles. The molecule has 0 radical (unpaired) electrons. The maximum atomic E-state index is 11.2. The molecule has 10 heavy (non-hydrogen) atoms. The summed E-state index contributed by atoms with van der Waals surface area (Å²) in [5.74, 6) is 0.150. The molecule has 1 N–H and O–H groups in total. The molecule has 1 rings (SSSR count). The SMILES string of the molecule is CNC(=O)C1(N(C)C)CC1. The minimum Gasteiger partial charge on any atom is -0.358 e. The van der Waals surface area contributed by atoms with E-state index in [0.29, 0.717) is 0 Å². The van der Waals surface area contributed by atoms with E-state index in [1.54, 1.807) is 7.05 Å². The van der Waals surface area contributed by atoms with Gasteiger partial charge in [-0.15, -0.1) is 0 Å². The fraction of sp³-hybridized carbons (Fsp3) is 0.857. The average molecular weight is 142 g/mol. The van der Waals surface area contributed by atoms with Gasteiger partial charge >= 0.3 is 0 Å². The van der Waals surface area contributed by atoms with E-state index in [9.17, 15) is 4.79 Å². The number of hydrogen-bond donors (Lipinski definition) is 1. The molecule has 58 valence electrons. The van der Waals surface area contributed by atoms with E-state index in [0.717, 1.165) is 12.8 Å². The van der Waals surface area contributed by atoms with Crippen molar-refractivity contribution in [3.05, 3.63) is 0 Å². The predicted octanol–water partition coefficient (Wildman–Crippen LogP) is -0.173. The number of amides is 1. The molecule has 1 saturated carbocycles. The predicted molar refractivity (Wildman–Crippen MR) is 39.7 cm³/mol. The van der Waals surface area contributed by atoms with Crippen LogP contribution in [-0.4, -0.2) is 37.5 Å². The Morgan fingerprint density at radius 3 is 2.10 bits per heavy atom. The quantitative estimate of drug-likeness (QED) is 0.580. The molecule has 1 aliphatic carbocycles. The Morgan fingerprint density at radius 1 is 1.50 bits per heavy atom. The zero-order valence-corrected chi connectivity index (χ0v) is 6.77. The lowest BCUT2D eigenvalue weighted by atomic mass is 10.2. The zero-order valence-electron chi connectivity index (χ0n) is 6.77. The molecular weight excluding hydrogens is 128 g/mol. The number of carbonyl (C=O) groups excluding carboxylic acids is 1. The van der Waals surface area contributed by atoms with Crippen LogP contribution in [0.15, 0.2) is 0 Å². The molecule has 1 amide bonds. The third-order valence-electron chi connectivity index (χ3n) is 2.23. The van der Waals surface area contributed by atoms with Gasteiger partial charge in [-0.2, -0.15) is 0 Å². The van der Waals surface area contributed by atoms with Crippen LogP contribution in [0.2, 0.25) is 0 Å². The number of hydrogen-bond acceptors (Lipinski definition) is 2. The van der Waals surface area contributed by atoms with Crippen molar-refractivity contribution in [1.29, 1.82) is 0 Å². The van der Waals surface area contributed by atoms with Crippen LogP contribution in [-0.2, 0) is 4.79 Å². The largest absolute Gasteiger partial charge is 0.358 e. The Kier molecular flexibility index (Phi) is 1.68. The van der Waals surface area contributed by atoms with Gasteiger partial charge in [0.1, 0.15) is 0 Å². The van der Waals surface area contributed by atoms with Gasteiger partial charge in [0, 0.05) is 7.05 Å². The molecule has 0 aromatic carbocycles. The summed E-state index contributed by atoms with van der Waals surface area (Å²) in [6, 6.07) is 0. The maximum absolute atomic E-state index is 11.2. The van der Waals surface area contributed by atoms with Crippen molar-refractivity contribution in [2.75, 3.05) is 21.1 Å². The van der Waals surface area contributed by atoms with Crippen molar-refractivity contribution < 1.29 is 4.79 Å². The number of rotatable bonds is 2. The van der Waals surface area contributed by atoms with Crippen LogP contribution >= 0.6 is 0 Å². The van der Waals surface area contributed by atoms with Crippen LogP contribution in [0.3, 0.4) is 0 Å². The molecule has 0 atom stereocenters. The van der Waals surface area contributed by atoms with Crippen molar-refractivity contribution in [3.8, 4) is 0 Å². The van der Waals surface area contributed by atoms with Crippen LogP contribution in [0.25, 0.3) is 0 Å². The molecule has 0 saturated heterocycles. The van der Waals surface area contributed by atoms with Gasteiger partial charge in [-0.05, 0) is 26.9 Å². The first-order chi connectivity index (χ1) is 4.63. The topological polar surface area (TPSA) is 32.3 Å². The number of likely N-dealkylation sites (N-methyl/N-ethyl adjacent to an activating group) is 2. The van der Waals surface area contributed by atoms with Gasteiger partial charge in [-0.3, -0.25) is 9.69 Å². The van der Waals surface area contributed by atoms with E-state index in [1.165, 1.54) is 0 Å². The summed E-state index contributed by atoms with van der Waals surface area (Å²) in [6.45, 7) is 0. The van der Waals surface area contributed by atoms with Crippen LogP contribution in [0.1, 0.15) is 12.8 Å². The lowest BCUT2D eigenvalue weighted by Crippen LogP contribution is -2.44. The molecule has 1 aliphatic rings. The van der Waals surface area contributed by atoms with Crippen molar-refractivity contribution in [2.45, 2.75) is 18.4 Å². The fourth-order valence-corrected chi connectivity index (χ4v) is 1.23. The third-order valence-corrected chi connectivity index (χ3v) is 2.23. The van der Waals surface area contributed by atoms with Crippen LogP contribution in [0, 0.1) is 0 Å². The Hall–Kier alpha value is -0.570. The maximum Gasteiger partial charge on any atom is 0.240 e. The highest BCUT2D eigenvalue weighted by Gasteiger charge is 2.51. The van der Waals surface area contributed by atoms with Crippen molar-refractivity contribution >= 4 is 5.91 Å². The summed E-state index contributed by atoms with van der Waals surface area (Å²) in [4.78, 5) is 13.2. The van der Waals surface area contributed by atoms with Gasteiger partial charge in [0.05, 0.1) is 5.54 Å². The number of nitrogens with zero attached hydrogens (tertiary/aromatic N) is 1. The minimum absolute atomic E-state index is 0.150. The number of carbonyl (C=O) groups is 1. The Morgan fingerprint density at radius 2 is 2.00 bits per heavy atom. The normalized spacial score (nSPS) is 20.8. The van der Waals surface area contributed by atoms with Crippen molar-refractivity contribution in [1.82, 2.24) is 10.2 Å². The Bertz CT molecular complexity index is 150. The molecule has 0 spiro atoms. The molecule has 3 heteroatoms. The Labute approximate surface area is 61.4 Å². The van der Waals surface area contributed by atoms with E-state index in [1.807, 2.05) is 19.0 Å².